The maximum Gasteiger partial charge on any atom is 0.292 e. The van der Waals surface area contributed by atoms with Gasteiger partial charge in [-0.05, 0) is 17.4 Å². The number of imide groups is 1. The van der Waals surface area contributed by atoms with Crippen LogP contribution in [0.5, 0.6) is 0 Å². The number of hydrogen-bond donors (Lipinski definition) is 1. The number of Topliss-reactive ketones (excluding diaryl/α,β-unsaturated/α-hetero) is 1. The van der Waals surface area contributed by atoms with Crippen molar-refractivity contribution in [2.45, 2.75) is 45.4 Å². The number of carbonyl (C=O) groups is 4. The highest BCUT2D eigenvalue weighted by Crippen LogP contribution is 2.22. The average Bonchev–Trinajstić information content (AvgIpc) is 2.88. The highest BCUT2D eigenvalue weighted by atomic mass is 16.2. The zero-order valence-electron chi connectivity index (χ0n) is 14.9. The van der Waals surface area contributed by atoms with E-state index in [4.69, 9.17) is 0 Å². The van der Waals surface area contributed by atoms with Crippen LogP contribution in [0, 0.1) is 0 Å². The lowest BCUT2D eigenvalue weighted by Crippen LogP contribution is -2.35. The lowest BCUT2D eigenvalue weighted by Gasteiger charge is -2.18. The molecule has 2 rings (SSSR count). The van der Waals surface area contributed by atoms with Crippen LogP contribution in [0.3, 0.4) is 0 Å². The van der Waals surface area contributed by atoms with Crippen LogP contribution in [0.25, 0.3) is 0 Å². The zero-order chi connectivity index (χ0) is 18.6. The molecule has 1 aliphatic heterocycles. The zero-order valence-corrected chi connectivity index (χ0v) is 14.9. The molecule has 0 atom stereocenters. The number of benzene rings is 1. The molecule has 0 aromatic heterocycles. The molecule has 0 aliphatic carbocycles. The Morgan fingerprint density at radius 3 is 2.12 bits per heavy atom. The monoisotopic (exact) mass is 344 g/mol. The molecule has 0 unspecified atom stereocenters. The second-order valence-corrected chi connectivity index (χ2v) is 7.21. The van der Waals surface area contributed by atoms with Crippen molar-refractivity contribution in [1.82, 2.24) is 10.2 Å². The van der Waals surface area contributed by atoms with Gasteiger partial charge in [-0.15, -0.1) is 0 Å². The Hall–Kier alpha value is -2.50. The lowest BCUT2D eigenvalue weighted by atomic mass is 9.86. The number of likely N-dealkylation sites (tertiary alicyclic amines) is 1. The Labute approximate surface area is 147 Å². The van der Waals surface area contributed by atoms with Crippen LogP contribution in [0.4, 0.5) is 0 Å². The van der Waals surface area contributed by atoms with Gasteiger partial charge in [0.25, 0.3) is 5.91 Å². The summed E-state index contributed by atoms with van der Waals surface area (Å²) < 4.78 is 0. The summed E-state index contributed by atoms with van der Waals surface area (Å²) >= 11 is 0. The molecule has 0 saturated carbocycles. The normalized spacial score (nSPS) is 14.8. The predicted molar refractivity (Wildman–Crippen MR) is 93.1 cm³/mol. The van der Waals surface area contributed by atoms with E-state index in [0.29, 0.717) is 12.0 Å². The SMILES string of the molecule is CC(C)(C)c1ccc(C(=O)C(=O)NCCCN2C(=O)CCC2=O)cc1. The molecule has 1 saturated heterocycles. The Bertz CT molecular complexity index is 670. The summed E-state index contributed by atoms with van der Waals surface area (Å²) in [5.74, 6) is -1.62. The number of hydrogen-bond acceptors (Lipinski definition) is 4. The van der Waals surface area contributed by atoms with Crippen LogP contribution < -0.4 is 5.32 Å². The van der Waals surface area contributed by atoms with Gasteiger partial charge in [0.2, 0.25) is 17.6 Å². The second kappa shape index (κ2) is 7.59. The third kappa shape index (κ3) is 4.75. The van der Waals surface area contributed by atoms with Gasteiger partial charge in [-0.3, -0.25) is 24.1 Å². The van der Waals surface area contributed by atoms with Gasteiger partial charge < -0.3 is 5.32 Å². The molecule has 1 fully saturated rings. The Balaban J connectivity index is 1.81. The molecule has 6 nitrogen and oxygen atoms in total. The van der Waals surface area contributed by atoms with Gasteiger partial charge in [-0.2, -0.15) is 0 Å². The summed E-state index contributed by atoms with van der Waals surface area (Å²) in [5, 5.41) is 2.54. The number of rotatable bonds is 6. The van der Waals surface area contributed by atoms with Gasteiger partial charge in [0.1, 0.15) is 0 Å². The summed E-state index contributed by atoms with van der Waals surface area (Å²) in [6.07, 6.45) is 0.946. The summed E-state index contributed by atoms with van der Waals surface area (Å²) in [4.78, 5) is 48.2. The standard InChI is InChI=1S/C19H24N2O4/c1-19(2,3)14-7-5-13(6-8-14)17(24)18(25)20-11-4-12-21-15(22)9-10-16(21)23/h5-8H,4,9-12H2,1-3H3,(H,20,25). The van der Waals surface area contributed by atoms with Crippen molar-refractivity contribution in [1.29, 1.82) is 0 Å². The number of ketones is 1. The van der Waals surface area contributed by atoms with Crippen LogP contribution >= 0.6 is 0 Å². The van der Waals surface area contributed by atoms with Crippen molar-refractivity contribution in [3.8, 4) is 0 Å². The largest absolute Gasteiger partial charge is 0.349 e. The van der Waals surface area contributed by atoms with E-state index in [0.717, 1.165) is 5.56 Å². The summed E-state index contributed by atoms with van der Waals surface area (Å²) in [5.41, 5.74) is 1.41. The molecule has 6 heteroatoms. The van der Waals surface area contributed by atoms with Crippen LogP contribution in [0.2, 0.25) is 0 Å². The molecule has 1 N–H and O–H groups in total. The topological polar surface area (TPSA) is 83.6 Å². The maximum atomic E-state index is 12.1. The lowest BCUT2D eigenvalue weighted by molar-refractivity contribution is -0.138. The minimum absolute atomic E-state index is 0.0196. The third-order valence-corrected chi connectivity index (χ3v) is 4.22. The van der Waals surface area contributed by atoms with Gasteiger partial charge in [-0.1, -0.05) is 45.0 Å². The van der Waals surface area contributed by atoms with Crippen molar-refractivity contribution in [2.24, 2.45) is 0 Å². The fourth-order valence-corrected chi connectivity index (χ4v) is 2.64. The van der Waals surface area contributed by atoms with Crippen LogP contribution in [-0.2, 0) is 19.8 Å². The molecule has 1 aromatic rings. The molecule has 1 heterocycles. The minimum Gasteiger partial charge on any atom is -0.349 e. The quantitative estimate of drug-likeness (QED) is 0.369. The molecule has 0 spiro atoms. The number of amides is 3. The van der Waals surface area contributed by atoms with E-state index in [1.54, 1.807) is 12.1 Å². The van der Waals surface area contributed by atoms with Crippen molar-refractivity contribution in [3.63, 3.8) is 0 Å². The van der Waals surface area contributed by atoms with Crippen molar-refractivity contribution in [3.05, 3.63) is 35.4 Å². The van der Waals surface area contributed by atoms with E-state index in [1.165, 1.54) is 4.90 Å². The number of carbonyl (C=O) groups excluding carboxylic acids is 4. The molecular weight excluding hydrogens is 320 g/mol. The fraction of sp³-hybridized carbons (Fsp3) is 0.474. The van der Waals surface area contributed by atoms with Gasteiger partial charge in [0, 0.05) is 31.5 Å². The van der Waals surface area contributed by atoms with E-state index in [9.17, 15) is 19.2 Å². The third-order valence-electron chi connectivity index (χ3n) is 4.22. The van der Waals surface area contributed by atoms with Gasteiger partial charge in [-0.25, -0.2) is 0 Å². The second-order valence-electron chi connectivity index (χ2n) is 7.21. The first kappa shape index (κ1) is 18.8. The molecule has 0 bridgehead atoms. The molecule has 25 heavy (non-hydrogen) atoms. The van der Waals surface area contributed by atoms with E-state index in [1.807, 2.05) is 12.1 Å². The Morgan fingerprint density at radius 1 is 1.04 bits per heavy atom. The number of nitrogens with one attached hydrogen (secondary N) is 1. The van der Waals surface area contributed by atoms with E-state index in [2.05, 4.69) is 26.1 Å². The minimum atomic E-state index is -0.678. The average molecular weight is 344 g/mol. The van der Waals surface area contributed by atoms with E-state index < -0.39 is 11.7 Å². The van der Waals surface area contributed by atoms with E-state index in [-0.39, 0.29) is 43.2 Å². The molecular formula is C19H24N2O4. The predicted octanol–water partition coefficient (Wildman–Crippen LogP) is 1.82. The van der Waals surface area contributed by atoms with Crippen LogP contribution in [0.1, 0.15) is 56.0 Å². The van der Waals surface area contributed by atoms with Gasteiger partial charge in [0.15, 0.2) is 0 Å². The summed E-state index contributed by atoms with van der Waals surface area (Å²) in [7, 11) is 0. The highest BCUT2D eigenvalue weighted by Gasteiger charge is 2.28. The highest BCUT2D eigenvalue weighted by molar-refractivity contribution is 6.42. The van der Waals surface area contributed by atoms with Crippen LogP contribution in [-0.4, -0.2) is 41.5 Å². The van der Waals surface area contributed by atoms with Gasteiger partial charge >= 0.3 is 0 Å². The van der Waals surface area contributed by atoms with Crippen molar-refractivity contribution >= 4 is 23.5 Å². The molecule has 134 valence electrons. The van der Waals surface area contributed by atoms with Gasteiger partial charge in [0.05, 0.1) is 0 Å². The molecule has 1 aromatic carbocycles. The Morgan fingerprint density at radius 2 is 1.60 bits per heavy atom. The summed E-state index contributed by atoms with van der Waals surface area (Å²) in [6, 6.07) is 7.02. The van der Waals surface area contributed by atoms with E-state index >= 15 is 0 Å². The first-order valence-corrected chi connectivity index (χ1v) is 8.46. The van der Waals surface area contributed by atoms with Crippen molar-refractivity contribution < 1.29 is 19.2 Å². The van der Waals surface area contributed by atoms with Crippen LogP contribution in [0.15, 0.2) is 24.3 Å². The first-order chi connectivity index (χ1) is 11.7. The molecule has 0 radical (unpaired) electrons. The Kier molecular flexibility index (Phi) is 5.72. The van der Waals surface area contributed by atoms with Crippen molar-refractivity contribution in [2.75, 3.05) is 13.1 Å². The maximum absolute atomic E-state index is 12.1. The fourth-order valence-electron chi connectivity index (χ4n) is 2.64. The summed E-state index contributed by atoms with van der Waals surface area (Å²) in [6.45, 7) is 6.74. The molecule has 3 amide bonds. The number of nitrogens with zero attached hydrogens (tertiary/aromatic N) is 1. The first-order valence-electron chi connectivity index (χ1n) is 8.46. The molecule has 1 aliphatic rings. The smallest absolute Gasteiger partial charge is 0.292 e.